The number of hydrogen-bond donors (Lipinski definition) is 2. The van der Waals surface area contributed by atoms with E-state index in [-0.39, 0.29) is 36.3 Å². The van der Waals surface area contributed by atoms with E-state index in [1.165, 1.54) is 10.6 Å². The number of nitrogens with one attached hydrogen (secondary N) is 1. The fourth-order valence-corrected chi connectivity index (χ4v) is 1.88. The third kappa shape index (κ3) is 5.81. The van der Waals surface area contributed by atoms with Gasteiger partial charge in [0.1, 0.15) is 0 Å². The molecule has 0 spiro atoms. The second-order valence-electron chi connectivity index (χ2n) is 6.07. The number of carboxylic acids is 1. The van der Waals surface area contributed by atoms with Crippen LogP contribution in [0.3, 0.4) is 0 Å². The molecule has 1 amide bonds. The van der Waals surface area contributed by atoms with Gasteiger partial charge in [-0.15, -0.1) is 0 Å². The highest BCUT2D eigenvalue weighted by Crippen LogP contribution is 2.21. The van der Waals surface area contributed by atoms with Gasteiger partial charge in [0.2, 0.25) is 5.91 Å². The van der Waals surface area contributed by atoms with Crippen LogP contribution in [-0.4, -0.2) is 27.6 Å². The van der Waals surface area contributed by atoms with Crippen LogP contribution >= 0.6 is 0 Å². The van der Waals surface area contributed by atoms with E-state index in [2.05, 4.69) is 5.32 Å². The molecular weight excluding hydrogens is 272 g/mol. The monoisotopic (exact) mass is 294 g/mol. The molecule has 0 saturated carbocycles. The lowest BCUT2D eigenvalue weighted by Crippen LogP contribution is -2.45. The van der Waals surface area contributed by atoms with Crippen LogP contribution in [0.4, 0.5) is 0 Å². The molecule has 2 N–H and O–H groups in total. The van der Waals surface area contributed by atoms with Crippen LogP contribution in [0, 0.1) is 5.41 Å². The van der Waals surface area contributed by atoms with Crippen molar-refractivity contribution < 1.29 is 14.7 Å². The van der Waals surface area contributed by atoms with Crippen molar-refractivity contribution in [3.8, 4) is 0 Å². The largest absolute Gasteiger partial charge is 0.481 e. The number of carboxylic acid groups (broad SMARTS) is 1. The highest BCUT2D eigenvalue weighted by molar-refractivity contribution is 5.77. The summed E-state index contributed by atoms with van der Waals surface area (Å²) in [5.74, 6) is -1.21. The van der Waals surface area contributed by atoms with Crippen molar-refractivity contribution in [3.05, 3.63) is 34.7 Å². The van der Waals surface area contributed by atoms with Gasteiger partial charge >= 0.3 is 5.97 Å². The zero-order chi connectivity index (χ0) is 16.0. The Morgan fingerprint density at radius 3 is 2.52 bits per heavy atom. The van der Waals surface area contributed by atoms with Crippen molar-refractivity contribution in [2.24, 2.45) is 5.41 Å². The van der Waals surface area contributed by atoms with Crippen LogP contribution in [-0.2, 0) is 16.1 Å². The average molecular weight is 294 g/mol. The van der Waals surface area contributed by atoms with Crippen LogP contribution < -0.4 is 10.9 Å². The zero-order valence-electron chi connectivity index (χ0n) is 12.6. The average Bonchev–Trinajstić information content (AvgIpc) is 2.35. The molecule has 0 radical (unpaired) electrons. The number of aromatic nitrogens is 1. The topological polar surface area (TPSA) is 88.4 Å². The van der Waals surface area contributed by atoms with E-state index in [4.69, 9.17) is 5.11 Å². The Morgan fingerprint density at radius 1 is 1.33 bits per heavy atom. The Balaban J connectivity index is 2.61. The Bertz CT molecular complexity index is 557. The van der Waals surface area contributed by atoms with Gasteiger partial charge in [-0.2, -0.15) is 0 Å². The summed E-state index contributed by atoms with van der Waals surface area (Å²) in [4.78, 5) is 34.3. The van der Waals surface area contributed by atoms with Crippen LogP contribution in [0.2, 0.25) is 0 Å². The number of carbonyl (C=O) groups excluding carboxylic acids is 1. The summed E-state index contributed by atoms with van der Waals surface area (Å²) in [5.41, 5.74) is -0.513. The fourth-order valence-electron chi connectivity index (χ4n) is 1.88. The lowest BCUT2D eigenvalue weighted by atomic mass is 9.84. The van der Waals surface area contributed by atoms with Crippen LogP contribution in [0.5, 0.6) is 0 Å². The molecule has 1 aromatic rings. The predicted octanol–water partition coefficient (Wildman–Crippen LogP) is 1.24. The Hall–Kier alpha value is -2.11. The Labute approximate surface area is 123 Å². The number of pyridine rings is 1. The first-order chi connectivity index (χ1) is 9.70. The van der Waals surface area contributed by atoms with Gasteiger partial charge in [0.15, 0.2) is 0 Å². The van der Waals surface area contributed by atoms with Crippen molar-refractivity contribution >= 4 is 11.9 Å². The lowest BCUT2D eigenvalue weighted by Gasteiger charge is -2.30. The van der Waals surface area contributed by atoms with Crippen molar-refractivity contribution in [2.75, 3.05) is 0 Å². The number of hydrogen-bond acceptors (Lipinski definition) is 3. The van der Waals surface area contributed by atoms with Gasteiger partial charge in [-0.25, -0.2) is 0 Å². The van der Waals surface area contributed by atoms with E-state index in [9.17, 15) is 14.4 Å². The molecule has 0 aliphatic heterocycles. The first-order valence-electron chi connectivity index (χ1n) is 6.87. The van der Waals surface area contributed by atoms with Crippen molar-refractivity contribution in [2.45, 2.75) is 46.2 Å². The highest BCUT2D eigenvalue weighted by atomic mass is 16.4. The summed E-state index contributed by atoms with van der Waals surface area (Å²) in [6.45, 7) is 5.91. The molecule has 1 rings (SSSR count). The fraction of sp³-hybridized carbons (Fsp3) is 0.533. The van der Waals surface area contributed by atoms with E-state index >= 15 is 0 Å². The maximum atomic E-state index is 11.9. The summed E-state index contributed by atoms with van der Waals surface area (Å²) in [6.07, 6.45) is 1.63. The summed E-state index contributed by atoms with van der Waals surface area (Å²) in [7, 11) is 0. The van der Waals surface area contributed by atoms with Gasteiger partial charge in [0.25, 0.3) is 5.56 Å². The van der Waals surface area contributed by atoms with Gasteiger partial charge in [-0.05, 0) is 11.5 Å². The quantitative estimate of drug-likeness (QED) is 0.826. The minimum Gasteiger partial charge on any atom is -0.481 e. The van der Waals surface area contributed by atoms with E-state index in [0.717, 1.165) is 0 Å². The number of amides is 1. The third-order valence-electron chi connectivity index (χ3n) is 3.24. The Kier molecular flexibility index (Phi) is 5.69. The molecule has 21 heavy (non-hydrogen) atoms. The molecule has 1 atom stereocenters. The van der Waals surface area contributed by atoms with Gasteiger partial charge in [-0.1, -0.05) is 26.8 Å². The standard InChI is InChI=1S/C15H22N2O4/c1-15(2,3)11(10-14(20)21)16-12(18)7-9-17-8-5-4-6-13(17)19/h4-6,8,11H,7,9-10H2,1-3H3,(H,16,18)(H,20,21). The second kappa shape index (κ2) is 7.06. The number of nitrogens with zero attached hydrogens (tertiary/aromatic N) is 1. The molecule has 0 bridgehead atoms. The number of carbonyl (C=O) groups is 2. The summed E-state index contributed by atoms with van der Waals surface area (Å²) in [6, 6.07) is 4.35. The summed E-state index contributed by atoms with van der Waals surface area (Å²) < 4.78 is 1.45. The van der Waals surface area contributed by atoms with E-state index < -0.39 is 12.0 Å². The van der Waals surface area contributed by atoms with E-state index in [1.807, 2.05) is 20.8 Å². The van der Waals surface area contributed by atoms with Crippen molar-refractivity contribution in [1.29, 1.82) is 0 Å². The smallest absolute Gasteiger partial charge is 0.305 e. The summed E-state index contributed by atoms with van der Waals surface area (Å²) >= 11 is 0. The number of rotatable bonds is 6. The molecule has 1 aromatic heterocycles. The van der Waals surface area contributed by atoms with Crippen molar-refractivity contribution in [3.63, 3.8) is 0 Å². The summed E-state index contributed by atoms with van der Waals surface area (Å²) in [5, 5.41) is 11.7. The Morgan fingerprint density at radius 2 is 2.00 bits per heavy atom. The minimum atomic E-state index is -0.950. The molecule has 6 nitrogen and oxygen atoms in total. The van der Waals surface area contributed by atoms with Gasteiger partial charge < -0.3 is 15.0 Å². The van der Waals surface area contributed by atoms with E-state index in [0.29, 0.717) is 0 Å². The molecule has 0 aromatic carbocycles. The van der Waals surface area contributed by atoms with Crippen LogP contribution in [0.1, 0.15) is 33.6 Å². The minimum absolute atomic E-state index is 0.124. The van der Waals surface area contributed by atoms with Gasteiger partial charge in [0, 0.05) is 31.3 Å². The van der Waals surface area contributed by atoms with Crippen molar-refractivity contribution in [1.82, 2.24) is 9.88 Å². The maximum Gasteiger partial charge on any atom is 0.305 e. The highest BCUT2D eigenvalue weighted by Gasteiger charge is 2.28. The molecule has 116 valence electrons. The van der Waals surface area contributed by atoms with E-state index in [1.54, 1.807) is 18.3 Å². The molecule has 1 unspecified atom stereocenters. The molecule has 0 aliphatic rings. The van der Waals surface area contributed by atoms with Gasteiger partial charge in [-0.3, -0.25) is 14.4 Å². The second-order valence-corrected chi connectivity index (χ2v) is 6.07. The predicted molar refractivity (Wildman–Crippen MR) is 79.0 cm³/mol. The number of aliphatic carboxylic acids is 1. The lowest BCUT2D eigenvalue weighted by molar-refractivity contribution is -0.138. The van der Waals surface area contributed by atoms with Crippen LogP contribution in [0.15, 0.2) is 29.2 Å². The molecule has 0 fully saturated rings. The van der Waals surface area contributed by atoms with Crippen LogP contribution in [0.25, 0.3) is 0 Å². The molecule has 6 heteroatoms. The first kappa shape index (κ1) is 16.9. The molecule has 0 aliphatic carbocycles. The molecule has 1 heterocycles. The maximum absolute atomic E-state index is 11.9. The third-order valence-corrected chi connectivity index (χ3v) is 3.24. The number of aryl methyl sites for hydroxylation is 1. The SMILES string of the molecule is CC(C)(C)C(CC(=O)O)NC(=O)CCn1ccccc1=O. The molecular formula is C15H22N2O4. The first-order valence-corrected chi connectivity index (χ1v) is 6.87. The normalized spacial score (nSPS) is 12.7. The van der Waals surface area contributed by atoms with Gasteiger partial charge in [0.05, 0.1) is 6.42 Å². The molecule has 0 saturated heterocycles. The zero-order valence-corrected chi connectivity index (χ0v) is 12.6.